The third-order valence-corrected chi connectivity index (χ3v) is 4.27. The number of piperidine rings is 1. The summed E-state index contributed by atoms with van der Waals surface area (Å²) in [6, 6.07) is 6.32. The van der Waals surface area contributed by atoms with Crippen molar-refractivity contribution in [3.05, 3.63) is 23.8 Å². The van der Waals surface area contributed by atoms with Crippen LogP contribution in [0.1, 0.15) is 25.3 Å². The lowest BCUT2D eigenvalue weighted by atomic mass is 9.90. The molecular weight excluding hydrogens is 312 g/mol. The van der Waals surface area contributed by atoms with Crippen molar-refractivity contribution in [3.63, 3.8) is 0 Å². The van der Waals surface area contributed by atoms with Crippen LogP contribution in [0.3, 0.4) is 0 Å². The number of nitriles is 1. The summed E-state index contributed by atoms with van der Waals surface area (Å²) in [5.74, 6) is -0.956. The molecule has 1 saturated heterocycles. The number of aliphatic carboxylic acids is 1. The molecule has 1 aromatic carbocycles. The molecule has 1 heterocycles. The van der Waals surface area contributed by atoms with Gasteiger partial charge in [-0.15, -0.1) is 0 Å². The topological polar surface area (TPSA) is 99.9 Å². The number of ether oxygens (including phenoxy) is 2. The zero-order valence-corrected chi connectivity index (χ0v) is 13.7. The van der Waals surface area contributed by atoms with Gasteiger partial charge in [-0.3, -0.25) is 9.59 Å². The molecule has 1 amide bonds. The van der Waals surface area contributed by atoms with Crippen LogP contribution >= 0.6 is 0 Å². The summed E-state index contributed by atoms with van der Waals surface area (Å²) in [6.07, 6.45) is 1.23. The highest BCUT2D eigenvalue weighted by Gasteiger charge is 2.35. The second-order valence-corrected chi connectivity index (χ2v) is 5.68. The van der Waals surface area contributed by atoms with Crippen LogP contribution in [-0.4, -0.2) is 48.2 Å². The molecule has 1 fully saturated rings. The molecule has 1 aromatic rings. The molecule has 1 aliphatic rings. The number of methoxy groups -OCH3 is 1. The lowest BCUT2D eigenvalue weighted by molar-refractivity contribution is -0.149. The monoisotopic (exact) mass is 332 g/mol. The maximum Gasteiger partial charge on any atom is 0.308 e. The third-order valence-electron chi connectivity index (χ3n) is 4.27. The molecule has 0 radical (unpaired) electrons. The Bertz CT molecular complexity index is 667. The van der Waals surface area contributed by atoms with Gasteiger partial charge in [-0.05, 0) is 31.9 Å². The quantitative estimate of drug-likeness (QED) is 0.880. The number of benzene rings is 1. The summed E-state index contributed by atoms with van der Waals surface area (Å²) in [7, 11) is 1.45. The molecule has 7 nitrogen and oxygen atoms in total. The number of carboxylic acid groups (broad SMARTS) is 1. The van der Waals surface area contributed by atoms with Crippen molar-refractivity contribution in [2.24, 2.45) is 5.92 Å². The molecule has 24 heavy (non-hydrogen) atoms. The van der Waals surface area contributed by atoms with Gasteiger partial charge in [0.05, 0.1) is 24.7 Å². The third kappa shape index (κ3) is 3.77. The van der Waals surface area contributed by atoms with E-state index in [1.54, 1.807) is 24.0 Å². The van der Waals surface area contributed by atoms with Gasteiger partial charge in [0.15, 0.2) is 18.1 Å². The van der Waals surface area contributed by atoms with Crippen molar-refractivity contribution in [2.75, 3.05) is 20.3 Å². The number of carbonyl (C=O) groups excluding carboxylic acids is 1. The average molecular weight is 332 g/mol. The second kappa shape index (κ2) is 7.68. The van der Waals surface area contributed by atoms with E-state index in [-0.39, 0.29) is 18.6 Å². The highest BCUT2D eigenvalue weighted by molar-refractivity contribution is 5.80. The molecule has 128 valence electrons. The van der Waals surface area contributed by atoms with Crippen molar-refractivity contribution in [3.8, 4) is 17.6 Å². The van der Waals surface area contributed by atoms with Crippen LogP contribution in [0.25, 0.3) is 0 Å². The van der Waals surface area contributed by atoms with Crippen LogP contribution < -0.4 is 9.47 Å². The van der Waals surface area contributed by atoms with Gasteiger partial charge in [0.25, 0.3) is 5.91 Å². The first kappa shape index (κ1) is 17.6. The van der Waals surface area contributed by atoms with Gasteiger partial charge in [-0.25, -0.2) is 0 Å². The van der Waals surface area contributed by atoms with E-state index >= 15 is 0 Å². The Morgan fingerprint density at radius 1 is 1.42 bits per heavy atom. The molecule has 2 atom stereocenters. The van der Waals surface area contributed by atoms with Gasteiger partial charge in [0.2, 0.25) is 0 Å². The van der Waals surface area contributed by atoms with Crippen LogP contribution in [0.2, 0.25) is 0 Å². The largest absolute Gasteiger partial charge is 0.493 e. The number of carboxylic acids is 1. The zero-order valence-electron chi connectivity index (χ0n) is 13.7. The Labute approximate surface area is 140 Å². The molecule has 0 aromatic heterocycles. The molecule has 1 aliphatic heterocycles. The van der Waals surface area contributed by atoms with Gasteiger partial charge < -0.3 is 19.5 Å². The first-order chi connectivity index (χ1) is 11.5. The fourth-order valence-corrected chi connectivity index (χ4v) is 2.90. The minimum absolute atomic E-state index is 0.209. The summed E-state index contributed by atoms with van der Waals surface area (Å²) in [5, 5.41) is 18.1. The van der Waals surface area contributed by atoms with Crippen molar-refractivity contribution < 1.29 is 24.2 Å². The summed E-state index contributed by atoms with van der Waals surface area (Å²) in [6.45, 7) is 2.06. The van der Waals surface area contributed by atoms with Gasteiger partial charge in [-0.2, -0.15) is 5.26 Å². The van der Waals surface area contributed by atoms with Crippen LogP contribution in [0, 0.1) is 17.2 Å². The standard InChI is InChI=1S/C17H20N2O5/c1-11-13(17(21)22)4-3-7-19(11)16(20)10-24-14-6-5-12(9-18)8-15(14)23-2/h5-6,8,11,13H,3-4,7,10H2,1-2H3,(H,21,22)/t11-,13-/m0/s1. The Kier molecular flexibility index (Phi) is 5.64. The van der Waals surface area contributed by atoms with Crippen molar-refractivity contribution in [1.29, 1.82) is 5.26 Å². The van der Waals surface area contributed by atoms with Crippen molar-refractivity contribution in [1.82, 2.24) is 4.90 Å². The molecule has 0 saturated carbocycles. The smallest absolute Gasteiger partial charge is 0.308 e. The summed E-state index contributed by atoms with van der Waals surface area (Å²) >= 11 is 0. The van der Waals surface area contributed by atoms with Gasteiger partial charge in [0, 0.05) is 18.7 Å². The highest BCUT2D eigenvalue weighted by Crippen LogP contribution is 2.28. The van der Waals surface area contributed by atoms with Crippen LogP contribution in [0.5, 0.6) is 11.5 Å². The lowest BCUT2D eigenvalue weighted by Gasteiger charge is -2.37. The molecule has 1 N–H and O–H groups in total. The van der Waals surface area contributed by atoms with E-state index in [0.717, 1.165) is 0 Å². The molecule has 2 rings (SSSR count). The number of hydrogen-bond acceptors (Lipinski definition) is 5. The number of carbonyl (C=O) groups is 2. The fraction of sp³-hybridized carbons (Fsp3) is 0.471. The molecular formula is C17H20N2O5. The molecule has 0 spiro atoms. The second-order valence-electron chi connectivity index (χ2n) is 5.68. The van der Waals surface area contributed by atoms with Crippen LogP contribution in [-0.2, 0) is 9.59 Å². The fourth-order valence-electron chi connectivity index (χ4n) is 2.90. The van der Waals surface area contributed by atoms with Crippen LogP contribution in [0.4, 0.5) is 0 Å². The van der Waals surface area contributed by atoms with Crippen LogP contribution in [0.15, 0.2) is 18.2 Å². The average Bonchev–Trinajstić information content (AvgIpc) is 2.59. The Morgan fingerprint density at radius 3 is 2.79 bits per heavy atom. The summed E-state index contributed by atoms with van der Waals surface area (Å²) in [4.78, 5) is 25.2. The van der Waals surface area contributed by atoms with E-state index in [9.17, 15) is 14.7 Å². The highest BCUT2D eigenvalue weighted by atomic mass is 16.5. The number of amides is 1. The predicted molar refractivity (Wildman–Crippen MR) is 84.7 cm³/mol. The van der Waals surface area contributed by atoms with Gasteiger partial charge in [-0.1, -0.05) is 0 Å². The molecule has 0 aliphatic carbocycles. The Morgan fingerprint density at radius 2 is 2.17 bits per heavy atom. The summed E-state index contributed by atoms with van der Waals surface area (Å²) < 4.78 is 10.7. The number of rotatable bonds is 5. The first-order valence-electron chi connectivity index (χ1n) is 7.71. The predicted octanol–water partition coefficient (Wildman–Crippen LogP) is 1.66. The number of hydrogen-bond donors (Lipinski definition) is 1. The minimum atomic E-state index is -0.880. The van der Waals surface area contributed by atoms with Gasteiger partial charge in [0.1, 0.15) is 0 Å². The van der Waals surface area contributed by atoms with E-state index in [1.165, 1.54) is 13.2 Å². The maximum absolute atomic E-state index is 12.4. The maximum atomic E-state index is 12.4. The van der Waals surface area contributed by atoms with Crippen molar-refractivity contribution in [2.45, 2.75) is 25.8 Å². The molecule has 7 heteroatoms. The van der Waals surface area contributed by atoms with E-state index in [4.69, 9.17) is 14.7 Å². The number of likely N-dealkylation sites (tertiary alicyclic amines) is 1. The zero-order chi connectivity index (χ0) is 17.7. The van der Waals surface area contributed by atoms with E-state index in [1.807, 2.05) is 6.07 Å². The first-order valence-corrected chi connectivity index (χ1v) is 7.71. The Balaban J connectivity index is 2.03. The van der Waals surface area contributed by atoms with E-state index < -0.39 is 11.9 Å². The van der Waals surface area contributed by atoms with Gasteiger partial charge >= 0.3 is 5.97 Å². The lowest BCUT2D eigenvalue weighted by Crippen LogP contribution is -2.50. The minimum Gasteiger partial charge on any atom is -0.493 e. The molecule has 0 unspecified atom stereocenters. The number of nitrogens with zero attached hydrogens (tertiary/aromatic N) is 2. The molecule has 0 bridgehead atoms. The SMILES string of the molecule is COc1cc(C#N)ccc1OCC(=O)N1CCC[C@H](C(=O)O)[C@@H]1C. The van der Waals surface area contributed by atoms with E-state index in [0.29, 0.717) is 36.4 Å². The Hall–Kier alpha value is -2.75. The summed E-state index contributed by atoms with van der Waals surface area (Å²) in [5.41, 5.74) is 0.430. The van der Waals surface area contributed by atoms with E-state index in [2.05, 4.69) is 0 Å². The normalized spacial score (nSPS) is 20.1. The van der Waals surface area contributed by atoms with Crippen molar-refractivity contribution >= 4 is 11.9 Å².